The number of anilines is 2. The van der Waals surface area contributed by atoms with Gasteiger partial charge in [-0.1, -0.05) is 0 Å². The van der Waals surface area contributed by atoms with Gasteiger partial charge in [0, 0.05) is 74.6 Å². The number of carbonyl (C=O) groups excluding carboxylic acids is 4. The van der Waals surface area contributed by atoms with Crippen LogP contribution in [0, 0.1) is 0 Å². The number of hydrogen-bond acceptors (Lipinski definition) is 10. The molecule has 0 aliphatic carbocycles. The monoisotopic (exact) mass is 749 g/mol. The number of amides is 4. The molecule has 2 aromatic carbocycles. The number of oxazole rings is 1. The lowest BCUT2D eigenvalue weighted by atomic mass is 10.1. The Morgan fingerprint density at radius 2 is 1.16 bits per heavy atom. The van der Waals surface area contributed by atoms with E-state index < -0.39 is 24.0 Å². The highest BCUT2D eigenvalue weighted by Crippen LogP contribution is 2.30. The van der Waals surface area contributed by atoms with E-state index in [4.69, 9.17) is 4.42 Å². The Kier molecular flexibility index (Phi) is 10.9. The number of rotatable bonds is 12. The first-order valence-electron chi connectivity index (χ1n) is 18.2. The minimum Gasteiger partial charge on any atom is -0.436 e. The molecule has 55 heavy (non-hydrogen) atoms. The van der Waals surface area contributed by atoms with Crippen LogP contribution < -0.4 is 10.6 Å². The number of aliphatic hydroxyl groups is 2. The molecule has 0 radical (unpaired) electrons. The highest BCUT2D eigenvalue weighted by Gasteiger charge is 2.36. The van der Waals surface area contributed by atoms with Gasteiger partial charge in [0.05, 0.1) is 42.6 Å². The first kappa shape index (κ1) is 37.2. The van der Waals surface area contributed by atoms with Crippen molar-refractivity contribution >= 4 is 35.0 Å². The van der Waals surface area contributed by atoms with Gasteiger partial charge in [0.2, 0.25) is 17.7 Å². The molecular weight excluding hydrogens is 706 g/mol. The maximum atomic E-state index is 13.0. The Bertz CT molecular complexity index is 2010. The Hall–Kier alpha value is -6.13. The first-order valence-corrected chi connectivity index (χ1v) is 18.2. The number of hydrogen-bond donors (Lipinski definition) is 4. The van der Waals surface area contributed by atoms with Gasteiger partial charge in [-0.15, -0.1) is 0 Å². The predicted octanol–water partition coefficient (Wildman–Crippen LogP) is 3.58. The summed E-state index contributed by atoms with van der Waals surface area (Å²) >= 11 is 0. The second-order valence-electron chi connectivity index (χ2n) is 14.0. The topological polar surface area (TPSA) is 201 Å². The second-order valence-corrected chi connectivity index (χ2v) is 14.0. The number of carbonyl (C=O) groups is 4. The van der Waals surface area contributed by atoms with E-state index in [1.165, 1.54) is 25.0 Å². The summed E-state index contributed by atoms with van der Waals surface area (Å²) in [7, 11) is 3.42. The van der Waals surface area contributed by atoms with Crippen molar-refractivity contribution in [3.05, 3.63) is 91.2 Å². The number of benzene rings is 2. The molecule has 0 bridgehead atoms. The molecule has 4 amide bonds. The van der Waals surface area contributed by atoms with E-state index >= 15 is 0 Å². The van der Waals surface area contributed by atoms with E-state index in [9.17, 15) is 29.4 Å². The predicted molar refractivity (Wildman–Crippen MR) is 200 cm³/mol. The highest BCUT2D eigenvalue weighted by molar-refractivity contribution is 5.93. The van der Waals surface area contributed by atoms with Gasteiger partial charge in [0.15, 0.2) is 18.0 Å². The average Bonchev–Trinajstić information content (AvgIpc) is 4.03. The molecule has 3 aromatic heterocycles. The van der Waals surface area contributed by atoms with E-state index in [1.807, 2.05) is 12.1 Å². The lowest BCUT2D eigenvalue weighted by Gasteiger charge is -2.26. The number of imidazole rings is 2. The Labute approximate surface area is 316 Å². The van der Waals surface area contributed by atoms with Crippen molar-refractivity contribution in [3.8, 4) is 22.8 Å². The summed E-state index contributed by atoms with van der Waals surface area (Å²) < 4.78 is 9.24. The zero-order valence-electron chi connectivity index (χ0n) is 30.5. The van der Waals surface area contributed by atoms with Crippen LogP contribution in [0.15, 0.2) is 84.2 Å². The fourth-order valence-electron chi connectivity index (χ4n) is 7.31. The number of nitrogens with zero attached hydrogens (tertiary/aromatic N) is 7. The molecule has 2 saturated heterocycles. The molecule has 2 unspecified atom stereocenters. The van der Waals surface area contributed by atoms with Crippen molar-refractivity contribution in [2.24, 2.45) is 14.1 Å². The van der Waals surface area contributed by atoms with Crippen molar-refractivity contribution in [2.75, 3.05) is 23.7 Å². The summed E-state index contributed by atoms with van der Waals surface area (Å²) in [6.07, 6.45) is 7.96. The first-order chi connectivity index (χ1) is 26.5. The summed E-state index contributed by atoms with van der Waals surface area (Å²) in [6, 6.07) is 13.6. The summed E-state index contributed by atoms with van der Waals surface area (Å²) in [4.78, 5) is 67.6. The minimum atomic E-state index is -1.34. The van der Waals surface area contributed by atoms with Crippen LogP contribution in [0.4, 0.5) is 11.4 Å². The highest BCUT2D eigenvalue weighted by atomic mass is 16.4. The van der Waals surface area contributed by atoms with Crippen LogP contribution in [0.2, 0.25) is 0 Å². The van der Waals surface area contributed by atoms with E-state index in [2.05, 4.69) is 25.6 Å². The molecule has 4 N–H and O–H groups in total. The molecule has 0 saturated carbocycles. The number of aromatic nitrogens is 5. The maximum Gasteiger partial charge on any atom is 0.257 e. The van der Waals surface area contributed by atoms with Crippen LogP contribution in [-0.2, 0) is 33.3 Å². The summed E-state index contributed by atoms with van der Waals surface area (Å²) in [5, 5.41) is 27.1. The molecule has 2 fully saturated rings. The zero-order valence-corrected chi connectivity index (χ0v) is 30.5. The third kappa shape index (κ3) is 8.19. The average molecular weight is 750 g/mol. The molecule has 5 heterocycles. The van der Waals surface area contributed by atoms with Gasteiger partial charge in [-0.25, -0.2) is 15.0 Å². The standard InChI is InChI=1S/C39H43N9O7/c1-45-22-40-19-30(45)35(51)38(53)47-15-3-5-28(47)17-33(49)43-26-11-7-24(8-12-26)32-21-42-37(55-32)25-9-13-27(14-10-25)44-34(50)18-29-6-4-16-48(29)39(54)36(52)31-20-41-23-46(31)2/h7-14,19-23,28-29,35-36,51-52H,3-6,15-18H2,1-2H3,(H,43,49)(H,44,50)/t28-,29-,35?,36?/m0/s1. The fourth-order valence-corrected chi connectivity index (χ4v) is 7.31. The Balaban J connectivity index is 0.897. The van der Waals surface area contributed by atoms with Gasteiger partial charge < -0.3 is 44.2 Å². The van der Waals surface area contributed by atoms with Crippen LogP contribution in [0.1, 0.15) is 62.1 Å². The van der Waals surface area contributed by atoms with Crippen molar-refractivity contribution < 1.29 is 33.8 Å². The molecule has 2 aliphatic rings. The fraction of sp³-hybridized carbons (Fsp3) is 0.359. The molecule has 0 spiro atoms. The third-order valence-electron chi connectivity index (χ3n) is 10.3. The van der Waals surface area contributed by atoms with Crippen LogP contribution in [-0.4, -0.2) is 92.9 Å². The molecule has 16 nitrogen and oxygen atoms in total. The van der Waals surface area contributed by atoms with Crippen LogP contribution in [0.5, 0.6) is 0 Å². The van der Waals surface area contributed by atoms with Crippen molar-refractivity contribution in [2.45, 2.75) is 62.8 Å². The zero-order chi connectivity index (χ0) is 38.6. The lowest BCUT2D eigenvalue weighted by molar-refractivity contribution is -0.143. The molecule has 5 aromatic rings. The van der Waals surface area contributed by atoms with Gasteiger partial charge in [0.1, 0.15) is 0 Å². The lowest BCUT2D eigenvalue weighted by Crippen LogP contribution is -2.40. The molecule has 2 aliphatic heterocycles. The Morgan fingerprint density at radius 3 is 1.60 bits per heavy atom. The molecule has 4 atom stereocenters. The quantitative estimate of drug-likeness (QED) is 0.146. The van der Waals surface area contributed by atoms with E-state index in [-0.39, 0.29) is 36.7 Å². The molecular formula is C39H43N9O7. The van der Waals surface area contributed by atoms with Gasteiger partial charge in [0.25, 0.3) is 11.8 Å². The van der Waals surface area contributed by atoms with Gasteiger partial charge in [-0.05, 0) is 74.2 Å². The molecule has 286 valence electrons. The van der Waals surface area contributed by atoms with E-state index in [0.717, 1.165) is 18.4 Å². The summed E-state index contributed by atoms with van der Waals surface area (Å²) in [6.45, 7) is 0.954. The van der Waals surface area contributed by atoms with E-state index in [0.29, 0.717) is 65.9 Å². The largest absolute Gasteiger partial charge is 0.436 e. The SMILES string of the molecule is Cn1cncc1C(O)C(=O)N1CCC[C@H]1CC(=O)Nc1ccc(-c2cnc(-c3ccc(NC(=O)C[C@@H]4CCCN4C(=O)C(O)c4cncn4C)cc3)o2)cc1. The van der Waals surface area contributed by atoms with Crippen molar-refractivity contribution in [1.29, 1.82) is 0 Å². The van der Waals surface area contributed by atoms with Crippen LogP contribution in [0.25, 0.3) is 22.8 Å². The number of aryl methyl sites for hydroxylation is 2. The number of likely N-dealkylation sites (tertiary alicyclic amines) is 2. The third-order valence-corrected chi connectivity index (χ3v) is 10.3. The second kappa shape index (κ2) is 16.1. The Morgan fingerprint density at radius 1 is 0.709 bits per heavy atom. The normalized spacial score (nSPS) is 18.0. The summed E-state index contributed by atoms with van der Waals surface area (Å²) in [5.74, 6) is -0.425. The smallest absolute Gasteiger partial charge is 0.257 e. The number of aliphatic hydroxyl groups excluding tert-OH is 2. The number of nitrogens with one attached hydrogen (secondary N) is 2. The van der Waals surface area contributed by atoms with Crippen LogP contribution >= 0.6 is 0 Å². The molecule has 16 heteroatoms. The van der Waals surface area contributed by atoms with Gasteiger partial charge in [-0.2, -0.15) is 0 Å². The van der Waals surface area contributed by atoms with Crippen molar-refractivity contribution in [1.82, 2.24) is 33.9 Å². The van der Waals surface area contributed by atoms with E-state index in [1.54, 1.807) is 75.6 Å². The maximum absolute atomic E-state index is 13.0. The van der Waals surface area contributed by atoms with Gasteiger partial charge >= 0.3 is 0 Å². The molecule has 7 rings (SSSR count). The van der Waals surface area contributed by atoms with Crippen molar-refractivity contribution in [3.63, 3.8) is 0 Å². The van der Waals surface area contributed by atoms with Gasteiger partial charge in [-0.3, -0.25) is 19.2 Å². The summed E-state index contributed by atoms with van der Waals surface area (Å²) in [5.41, 5.74) is 3.43. The minimum absolute atomic E-state index is 0.107. The van der Waals surface area contributed by atoms with Crippen LogP contribution in [0.3, 0.4) is 0 Å².